The van der Waals surface area contributed by atoms with E-state index in [0.717, 1.165) is 23.8 Å². The average molecular weight is 378 g/mol. The van der Waals surface area contributed by atoms with Gasteiger partial charge in [0.2, 0.25) is 0 Å². The highest BCUT2D eigenvalue weighted by Gasteiger charge is 2.16. The van der Waals surface area contributed by atoms with Crippen LogP contribution in [0.4, 0.5) is 14.6 Å². The lowest BCUT2D eigenvalue weighted by atomic mass is 10.0. The van der Waals surface area contributed by atoms with Crippen LogP contribution in [0.1, 0.15) is 0 Å². The van der Waals surface area contributed by atoms with Crippen molar-refractivity contribution in [1.29, 1.82) is 0 Å². The van der Waals surface area contributed by atoms with Crippen LogP contribution in [0.2, 0.25) is 0 Å². The van der Waals surface area contributed by atoms with Gasteiger partial charge in [0.15, 0.2) is 5.82 Å². The highest BCUT2D eigenvalue weighted by atomic mass is 19.1. The smallest absolute Gasteiger partial charge is 0.163 e. The molecule has 0 saturated heterocycles. The number of halogens is 2. The first-order valence-electron chi connectivity index (χ1n) is 8.54. The van der Waals surface area contributed by atoms with Crippen molar-refractivity contribution in [2.45, 2.75) is 0 Å². The fraction of sp³-hybridized carbons (Fsp3) is 0.0952. The molecule has 0 aliphatic heterocycles. The van der Waals surface area contributed by atoms with Crippen LogP contribution in [0.5, 0.6) is 5.75 Å². The molecule has 0 aliphatic carbocycles. The van der Waals surface area contributed by atoms with Crippen molar-refractivity contribution in [2.75, 3.05) is 19.5 Å². The molecular weight excluding hydrogens is 362 g/mol. The van der Waals surface area contributed by atoms with Crippen LogP contribution in [-0.2, 0) is 0 Å². The van der Waals surface area contributed by atoms with Gasteiger partial charge in [-0.3, -0.25) is 4.98 Å². The SMILES string of the molecule is CNc1nc(-c2cccnc2)nc2c(OC)cc(-c3cc(F)ccc3F)cc12. The van der Waals surface area contributed by atoms with Crippen LogP contribution in [0.15, 0.2) is 54.9 Å². The normalized spacial score (nSPS) is 10.9. The molecule has 28 heavy (non-hydrogen) atoms. The van der Waals surface area contributed by atoms with E-state index in [4.69, 9.17) is 4.74 Å². The van der Waals surface area contributed by atoms with Crippen LogP contribution >= 0.6 is 0 Å². The Kier molecular flexibility index (Phi) is 4.57. The summed E-state index contributed by atoms with van der Waals surface area (Å²) in [6.45, 7) is 0. The predicted molar refractivity (Wildman–Crippen MR) is 104 cm³/mol. The number of anilines is 1. The van der Waals surface area contributed by atoms with Gasteiger partial charge in [-0.05, 0) is 48.0 Å². The van der Waals surface area contributed by atoms with E-state index in [9.17, 15) is 8.78 Å². The largest absolute Gasteiger partial charge is 0.494 e. The fourth-order valence-corrected chi connectivity index (χ4v) is 3.05. The van der Waals surface area contributed by atoms with Crippen molar-refractivity contribution in [2.24, 2.45) is 0 Å². The minimum Gasteiger partial charge on any atom is -0.494 e. The summed E-state index contributed by atoms with van der Waals surface area (Å²) < 4.78 is 33.5. The zero-order valence-corrected chi connectivity index (χ0v) is 15.2. The van der Waals surface area contributed by atoms with Gasteiger partial charge in [0.25, 0.3) is 0 Å². The highest BCUT2D eigenvalue weighted by molar-refractivity contribution is 5.97. The molecule has 4 rings (SSSR count). The number of hydrogen-bond donors (Lipinski definition) is 1. The molecule has 2 aromatic heterocycles. The average Bonchev–Trinajstić information content (AvgIpc) is 2.74. The summed E-state index contributed by atoms with van der Waals surface area (Å²) in [5.74, 6) is 0.406. The maximum atomic E-state index is 14.3. The molecule has 0 amide bonds. The number of fused-ring (bicyclic) bond motifs is 1. The van der Waals surface area contributed by atoms with Gasteiger partial charge < -0.3 is 10.1 Å². The van der Waals surface area contributed by atoms with Gasteiger partial charge in [-0.25, -0.2) is 18.7 Å². The summed E-state index contributed by atoms with van der Waals surface area (Å²) in [6.07, 6.45) is 3.34. The van der Waals surface area contributed by atoms with E-state index < -0.39 is 11.6 Å². The van der Waals surface area contributed by atoms with Crippen molar-refractivity contribution >= 4 is 16.7 Å². The van der Waals surface area contributed by atoms with Crippen LogP contribution < -0.4 is 10.1 Å². The molecule has 0 aliphatic rings. The Labute approximate surface area is 160 Å². The maximum absolute atomic E-state index is 14.3. The first kappa shape index (κ1) is 17.8. The molecule has 140 valence electrons. The Balaban J connectivity index is 1.99. The van der Waals surface area contributed by atoms with Gasteiger partial charge >= 0.3 is 0 Å². The van der Waals surface area contributed by atoms with Crippen LogP contribution in [-0.4, -0.2) is 29.1 Å². The second-order valence-corrected chi connectivity index (χ2v) is 6.09. The van der Waals surface area contributed by atoms with Crippen molar-refractivity contribution in [3.8, 4) is 28.3 Å². The predicted octanol–water partition coefficient (Wildman–Crippen LogP) is 4.69. The molecule has 0 bridgehead atoms. The molecule has 0 saturated carbocycles. The Bertz CT molecular complexity index is 1170. The van der Waals surface area contributed by atoms with Gasteiger partial charge in [-0.1, -0.05) is 0 Å². The van der Waals surface area contributed by atoms with E-state index in [0.29, 0.717) is 33.9 Å². The van der Waals surface area contributed by atoms with Crippen LogP contribution in [0.25, 0.3) is 33.4 Å². The van der Waals surface area contributed by atoms with Crippen molar-refractivity contribution < 1.29 is 13.5 Å². The lowest BCUT2D eigenvalue weighted by molar-refractivity contribution is 0.419. The zero-order valence-electron chi connectivity index (χ0n) is 15.2. The molecule has 0 fully saturated rings. The van der Waals surface area contributed by atoms with Crippen LogP contribution in [0, 0.1) is 11.6 Å². The molecule has 0 spiro atoms. The van der Waals surface area contributed by atoms with E-state index in [1.54, 1.807) is 37.6 Å². The Morgan fingerprint density at radius 1 is 1.00 bits per heavy atom. The van der Waals surface area contributed by atoms with E-state index in [1.807, 2.05) is 6.07 Å². The summed E-state index contributed by atoms with van der Waals surface area (Å²) in [7, 11) is 3.24. The first-order chi connectivity index (χ1) is 13.6. The number of hydrogen-bond acceptors (Lipinski definition) is 5. The highest BCUT2D eigenvalue weighted by Crippen LogP contribution is 2.36. The number of pyridine rings is 1. The molecule has 7 heteroatoms. The van der Waals surface area contributed by atoms with Crippen molar-refractivity contribution in [3.05, 3.63) is 66.5 Å². The third kappa shape index (κ3) is 3.11. The number of nitrogens with one attached hydrogen (secondary N) is 1. The van der Waals surface area contributed by atoms with Crippen LogP contribution in [0.3, 0.4) is 0 Å². The Hall–Kier alpha value is -3.61. The first-order valence-corrected chi connectivity index (χ1v) is 8.54. The summed E-state index contributed by atoms with van der Waals surface area (Å²) >= 11 is 0. The molecule has 0 atom stereocenters. The van der Waals surface area contributed by atoms with Crippen molar-refractivity contribution in [3.63, 3.8) is 0 Å². The Morgan fingerprint density at radius 3 is 2.57 bits per heavy atom. The molecule has 2 aromatic carbocycles. The maximum Gasteiger partial charge on any atom is 0.163 e. The third-order valence-corrected chi connectivity index (χ3v) is 4.38. The second-order valence-electron chi connectivity index (χ2n) is 6.09. The minimum atomic E-state index is -0.526. The number of aromatic nitrogens is 3. The minimum absolute atomic E-state index is 0.138. The van der Waals surface area contributed by atoms with E-state index >= 15 is 0 Å². The molecule has 1 N–H and O–H groups in total. The summed E-state index contributed by atoms with van der Waals surface area (Å²) in [5, 5.41) is 3.67. The molecule has 5 nitrogen and oxygen atoms in total. The van der Waals surface area contributed by atoms with Gasteiger partial charge in [0.1, 0.15) is 28.7 Å². The Morgan fingerprint density at radius 2 is 1.86 bits per heavy atom. The molecule has 2 heterocycles. The lowest BCUT2D eigenvalue weighted by Gasteiger charge is -2.14. The van der Waals surface area contributed by atoms with E-state index in [2.05, 4.69) is 20.3 Å². The zero-order chi connectivity index (χ0) is 19.7. The molecule has 4 aromatic rings. The number of ether oxygens (including phenoxy) is 1. The molecule has 0 radical (unpaired) electrons. The fourth-order valence-electron chi connectivity index (χ4n) is 3.05. The number of methoxy groups -OCH3 is 1. The monoisotopic (exact) mass is 378 g/mol. The summed E-state index contributed by atoms with van der Waals surface area (Å²) in [5.41, 5.74) is 1.92. The quantitative estimate of drug-likeness (QED) is 0.558. The number of benzene rings is 2. The molecular formula is C21H16F2N4O. The number of rotatable bonds is 4. The topological polar surface area (TPSA) is 59.9 Å². The lowest BCUT2D eigenvalue weighted by Crippen LogP contribution is -2.01. The van der Waals surface area contributed by atoms with E-state index in [1.165, 1.54) is 7.11 Å². The number of nitrogens with zero attached hydrogens (tertiary/aromatic N) is 3. The van der Waals surface area contributed by atoms with Gasteiger partial charge in [-0.2, -0.15) is 0 Å². The third-order valence-electron chi connectivity index (χ3n) is 4.38. The second kappa shape index (κ2) is 7.19. The molecule has 0 unspecified atom stereocenters. The van der Waals surface area contributed by atoms with Gasteiger partial charge in [0.05, 0.1) is 7.11 Å². The van der Waals surface area contributed by atoms with Crippen molar-refractivity contribution in [1.82, 2.24) is 15.0 Å². The van der Waals surface area contributed by atoms with E-state index in [-0.39, 0.29) is 5.56 Å². The summed E-state index contributed by atoms with van der Waals surface area (Å²) in [4.78, 5) is 13.3. The van der Waals surface area contributed by atoms with Gasteiger partial charge in [0, 0.05) is 36.0 Å². The standard InChI is InChI=1S/C21H16F2N4O/c1-24-21-16-8-13(15-10-14(22)5-6-17(15)23)9-18(28-2)19(16)26-20(27-21)12-4-3-7-25-11-12/h3-11H,1-2H3,(H,24,26,27). The van der Waals surface area contributed by atoms with Gasteiger partial charge in [-0.15, -0.1) is 0 Å². The summed E-state index contributed by atoms with van der Waals surface area (Å²) in [6, 6.07) is 10.3.